The first-order chi connectivity index (χ1) is 18.8. The van der Waals surface area contributed by atoms with E-state index in [4.69, 9.17) is 0 Å². The molecule has 1 amide bonds. The number of alkyl halides is 9. The van der Waals surface area contributed by atoms with E-state index in [1.807, 2.05) is 0 Å². The number of carboxylic acids is 1. The summed E-state index contributed by atoms with van der Waals surface area (Å²) >= 11 is 0. The van der Waals surface area contributed by atoms with Crippen LogP contribution in [0.25, 0.3) is 0 Å². The minimum Gasteiger partial charge on any atom is -0.481 e. The summed E-state index contributed by atoms with van der Waals surface area (Å²) in [6.45, 7) is 1.04. The van der Waals surface area contributed by atoms with E-state index in [9.17, 15) is 54.2 Å². The number of amides is 1. The Balaban J connectivity index is 1.69. The molecule has 1 aliphatic carbocycles. The van der Waals surface area contributed by atoms with Crippen molar-refractivity contribution in [2.45, 2.75) is 50.4 Å². The zero-order chi connectivity index (χ0) is 30.5. The van der Waals surface area contributed by atoms with Crippen molar-refractivity contribution in [1.82, 2.24) is 15.1 Å². The largest absolute Gasteiger partial charge is 0.481 e. The van der Waals surface area contributed by atoms with Crippen LogP contribution in [0.1, 0.15) is 52.1 Å². The number of fused-ring (bicyclic) bond motifs is 1. The Bertz CT molecular complexity index is 1390. The van der Waals surface area contributed by atoms with E-state index in [1.54, 1.807) is 6.08 Å². The number of aromatic nitrogens is 2. The van der Waals surface area contributed by atoms with Crippen LogP contribution in [0.15, 0.2) is 42.5 Å². The molecule has 7 nitrogen and oxygen atoms in total. The molecular weight excluding hydrogens is 575 g/mol. The maximum Gasteiger partial charge on any atom is 0.436 e. The van der Waals surface area contributed by atoms with Gasteiger partial charge < -0.3 is 15.7 Å². The summed E-state index contributed by atoms with van der Waals surface area (Å²) in [4.78, 5) is 25.1. The minimum atomic E-state index is -5.18. The Morgan fingerprint density at radius 2 is 1.66 bits per heavy atom. The van der Waals surface area contributed by atoms with E-state index in [0.29, 0.717) is 16.8 Å². The summed E-state index contributed by atoms with van der Waals surface area (Å²) in [7, 11) is 0. The first kappa shape index (κ1) is 30.0. The van der Waals surface area contributed by atoms with Crippen molar-refractivity contribution < 1.29 is 54.2 Å². The van der Waals surface area contributed by atoms with Gasteiger partial charge in [-0.15, -0.1) is 0 Å². The zero-order valence-electron chi connectivity index (χ0n) is 20.9. The molecule has 0 fully saturated rings. The monoisotopic (exact) mass is 596 g/mol. The van der Waals surface area contributed by atoms with Crippen LogP contribution in [0.4, 0.5) is 45.3 Å². The molecule has 1 aromatic carbocycles. The quantitative estimate of drug-likeness (QED) is 0.364. The summed E-state index contributed by atoms with van der Waals surface area (Å²) in [6, 6.07) is -1.52. The average Bonchev–Trinajstić information content (AvgIpc) is 3.43. The second kappa shape index (κ2) is 10.1. The van der Waals surface area contributed by atoms with Gasteiger partial charge in [-0.3, -0.25) is 9.59 Å². The van der Waals surface area contributed by atoms with Crippen LogP contribution in [0.2, 0.25) is 0 Å². The average molecular weight is 596 g/mol. The number of carboxylic acid groups (broad SMARTS) is 1. The fourth-order valence-corrected chi connectivity index (χ4v) is 4.85. The lowest BCUT2D eigenvalue weighted by molar-refractivity contribution is -0.147. The van der Waals surface area contributed by atoms with Gasteiger partial charge >= 0.3 is 24.5 Å². The molecule has 3 N–H and O–H groups in total. The molecule has 0 saturated heterocycles. The Labute approximate surface area is 225 Å². The summed E-state index contributed by atoms with van der Waals surface area (Å²) < 4.78 is 122. The number of carbonyl (C=O) groups excluding carboxylic acids is 1. The molecule has 2 heterocycles. The molecule has 222 valence electrons. The smallest absolute Gasteiger partial charge is 0.436 e. The molecule has 2 aromatic rings. The lowest BCUT2D eigenvalue weighted by Gasteiger charge is -2.33. The molecule has 0 spiro atoms. The number of rotatable bonds is 6. The third-order valence-electron chi connectivity index (χ3n) is 6.99. The van der Waals surface area contributed by atoms with Gasteiger partial charge in [0, 0.05) is 12.6 Å². The van der Waals surface area contributed by atoms with Crippen molar-refractivity contribution in [3.05, 3.63) is 70.5 Å². The lowest BCUT2D eigenvalue weighted by atomic mass is 9.75. The molecule has 1 aromatic heterocycles. The number of nitrogens with one attached hydrogen (secondary N) is 2. The van der Waals surface area contributed by atoms with Crippen molar-refractivity contribution in [3.8, 4) is 0 Å². The molecule has 16 heteroatoms. The first-order valence-electron chi connectivity index (χ1n) is 11.9. The van der Waals surface area contributed by atoms with Crippen LogP contribution in [-0.4, -0.2) is 39.4 Å². The fraction of sp³-hybridized carbons (Fsp3) is 0.400. The van der Waals surface area contributed by atoms with Gasteiger partial charge in [-0.1, -0.05) is 24.3 Å². The van der Waals surface area contributed by atoms with E-state index >= 15 is 0 Å². The van der Waals surface area contributed by atoms with Gasteiger partial charge in [0.05, 0.1) is 17.2 Å². The van der Waals surface area contributed by atoms with Gasteiger partial charge in [-0.25, -0.2) is 4.68 Å². The molecule has 3 unspecified atom stereocenters. The highest BCUT2D eigenvalue weighted by Crippen LogP contribution is 2.41. The van der Waals surface area contributed by atoms with Gasteiger partial charge in [0.15, 0.2) is 5.69 Å². The lowest BCUT2D eigenvalue weighted by Crippen LogP contribution is -2.50. The maximum absolute atomic E-state index is 13.9. The highest BCUT2D eigenvalue weighted by atomic mass is 19.4. The van der Waals surface area contributed by atoms with E-state index < -0.39 is 88.1 Å². The maximum atomic E-state index is 13.9. The van der Waals surface area contributed by atoms with Crippen LogP contribution >= 0.6 is 0 Å². The summed E-state index contributed by atoms with van der Waals surface area (Å²) in [6.07, 6.45) is -10.3. The second-order valence-corrected chi connectivity index (χ2v) is 9.70. The number of benzene rings is 1. The van der Waals surface area contributed by atoms with Crippen LogP contribution in [0, 0.1) is 5.41 Å². The third kappa shape index (κ3) is 5.77. The van der Waals surface area contributed by atoms with Gasteiger partial charge in [0.25, 0.3) is 5.91 Å². The zero-order valence-corrected chi connectivity index (χ0v) is 20.9. The Morgan fingerprint density at radius 1 is 1.05 bits per heavy atom. The van der Waals surface area contributed by atoms with Crippen molar-refractivity contribution in [2.75, 3.05) is 11.9 Å². The van der Waals surface area contributed by atoms with E-state index in [1.165, 1.54) is 25.2 Å². The number of allylic oxidation sites excluding steroid dienone is 3. The number of hydrogen-bond donors (Lipinski definition) is 3. The number of hydrogen-bond acceptors (Lipinski definition) is 4. The molecule has 4 rings (SSSR count). The molecule has 1 aliphatic heterocycles. The first-order valence-corrected chi connectivity index (χ1v) is 11.9. The van der Waals surface area contributed by atoms with E-state index in [-0.39, 0.29) is 19.0 Å². The van der Waals surface area contributed by atoms with E-state index in [0.717, 1.165) is 0 Å². The topological polar surface area (TPSA) is 96.3 Å². The minimum absolute atomic E-state index is 0.0598. The number of aliphatic carboxylic acids is 1. The fourth-order valence-electron chi connectivity index (χ4n) is 4.85. The summed E-state index contributed by atoms with van der Waals surface area (Å²) in [5.74, 6) is -3.11. The Morgan fingerprint density at radius 3 is 2.15 bits per heavy atom. The normalized spacial score (nSPS) is 21.4. The number of carbonyl (C=O) groups is 2. The SMILES string of the molecule is CC(NC(=O)c1c(C(F)(F)F)nn2c1NCC2Cc1cc(C(F)(F)F)cc(C(F)(F)F)c1)C1(C(=O)O)C=CC=CC1. The number of anilines is 1. The van der Waals surface area contributed by atoms with Crippen LogP contribution in [0.3, 0.4) is 0 Å². The standard InChI is InChI=1S/C25H21F9N4O3/c1-12(22(21(40)41)5-3-2-4-6-22)36-20(39)17-18(25(32,33)34)37-38-16(11-35-19(17)38)9-13-7-14(23(26,27)28)10-15(8-13)24(29,30)31/h2-5,7-8,10,12,16,35H,6,9,11H2,1H3,(H,36,39)(H,40,41). The molecule has 2 aliphatic rings. The molecule has 3 atom stereocenters. The van der Waals surface area contributed by atoms with Gasteiger partial charge in [-0.2, -0.15) is 44.6 Å². The summed E-state index contributed by atoms with van der Waals surface area (Å²) in [5.41, 5.74) is -7.93. The van der Waals surface area contributed by atoms with E-state index in [2.05, 4.69) is 15.7 Å². The molecule has 41 heavy (non-hydrogen) atoms. The van der Waals surface area contributed by atoms with Gasteiger partial charge in [0.2, 0.25) is 0 Å². The van der Waals surface area contributed by atoms with Crippen molar-refractivity contribution in [1.29, 1.82) is 0 Å². The number of halogens is 9. The van der Waals surface area contributed by atoms with Crippen LogP contribution in [-0.2, 0) is 29.7 Å². The van der Waals surface area contributed by atoms with Crippen molar-refractivity contribution in [2.24, 2.45) is 5.41 Å². The van der Waals surface area contributed by atoms with Crippen LogP contribution < -0.4 is 10.6 Å². The molecule has 0 radical (unpaired) electrons. The molecule has 0 bridgehead atoms. The Hall–Kier alpha value is -3.98. The van der Waals surface area contributed by atoms with Gasteiger partial charge in [0.1, 0.15) is 16.8 Å². The highest BCUT2D eigenvalue weighted by molar-refractivity contribution is 6.01. The predicted octanol–water partition coefficient (Wildman–Crippen LogP) is 5.85. The predicted molar refractivity (Wildman–Crippen MR) is 125 cm³/mol. The van der Waals surface area contributed by atoms with Crippen molar-refractivity contribution in [3.63, 3.8) is 0 Å². The molecule has 0 saturated carbocycles. The third-order valence-corrected chi connectivity index (χ3v) is 6.99. The van der Waals surface area contributed by atoms with Crippen LogP contribution in [0.5, 0.6) is 0 Å². The van der Waals surface area contributed by atoms with Gasteiger partial charge in [-0.05, 0) is 43.5 Å². The Kier molecular flexibility index (Phi) is 7.41. The second-order valence-electron chi connectivity index (χ2n) is 9.70. The highest BCUT2D eigenvalue weighted by Gasteiger charge is 2.47. The summed E-state index contributed by atoms with van der Waals surface area (Å²) in [5, 5.41) is 18.0. The molecular formula is C25H21F9N4O3. The number of nitrogens with zero attached hydrogens (tertiary/aromatic N) is 2. The van der Waals surface area contributed by atoms with Crippen molar-refractivity contribution >= 4 is 17.7 Å².